The Balaban J connectivity index is 2.08. The molecule has 0 saturated heterocycles. The highest BCUT2D eigenvalue weighted by Gasteiger charge is 2.16. The van der Waals surface area contributed by atoms with Crippen LogP contribution in [0.5, 0.6) is 0 Å². The third-order valence-corrected chi connectivity index (χ3v) is 4.28. The van der Waals surface area contributed by atoms with Crippen molar-refractivity contribution in [3.63, 3.8) is 0 Å². The quantitative estimate of drug-likeness (QED) is 0.927. The lowest BCUT2D eigenvalue weighted by molar-refractivity contribution is 0.487. The summed E-state index contributed by atoms with van der Waals surface area (Å²) in [5.74, 6) is -0.307. The van der Waals surface area contributed by atoms with Gasteiger partial charge in [0.2, 0.25) is 0 Å². The highest BCUT2D eigenvalue weighted by Crippen LogP contribution is 2.26. The van der Waals surface area contributed by atoms with Gasteiger partial charge in [0.1, 0.15) is 5.82 Å². The van der Waals surface area contributed by atoms with Gasteiger partial charge in [0.15, 0.2) is 0 Å². The molecular weight excluding hydrogens is 261 g/mol. The van der Waals surface area contributed by atoms with Crippen molar-refractivity contribution in [2.24, 2.45) is 0 Å². The second kappa shape index (κ2) is 5.75. The molecule has 3 nitrogen and oxygen atoms in total. The number of nitrogens with zero attached hydrogens (tertiary/aromatic N) is 2. The summed E-state index contributed by atoms with van der Waals surface area (Å²) in [6, 6.07) is 3.42. The van der Waals surface area contributed by atoms with Crippen LogP contribution in [-0.2, 0) is 0 Å². The van der Waals surface area contributed by atoms with Crippen molar-refractivity contribution in [2.45, 2.75) is 39.8 Å². The SMILES string of the molecule is Cc1nc(C)c(C(C)NC(C)c2ccc(F)cn2)s1. The Kier molecular flexibility index (Phi) is 4.27. The molecule has 0 spiro atoms. The third kappa shape index (κ3) is 3.36. The molecule has 5 heteroatoms. The van der Waals surface area contributed by atoms with Crippen LogP contribution < -0.4 is 5.32 Å². The van der Waals surface area contributed by atoms with Crippen LogP contribution >= 0.6 is 11.3 Å². The fourth-order valence-electron chi connectivity index (χ4n) is 2.13. The van der Waals surface area contributed by atoms with Crippen LogP contribution in [0.1, 0.15) is 47.2 Å². The van der Waals surface area contributed by atoms with Gasteiger partial charge in [-0.3, -0.25) is 4.98 Å². The van der Waals surface area contributed by atoms with Crippen molar-refractivity contribution in [2.75, 3.05) is 0 Å². The number of hydrogen-bond acceptors (Lipinski definition) is 4. The van der Waals surface area contributed by atoms with E-state index >= 15 is 0 Å². The number of halogens is 1. The van der Waals surface area contributed by atoms with Gasteiger partial charge in [-0.05, 0) is 39.8 Å². The molecule has 2 rings (SSSR count). The van der Waals surface area contributed by atoms with Crippen molar-refractivity contribution >= 4 is 11.3 Å². The molecule has 0 fully saturated rings. The van der Waals surface area contributed by atoms with E-state index in [0.29, 0.717) is 0 Å². The molecule has 102 valence electrons. The normalized spacial score (nSPS) is 14.4. The van der Waals surface area contributed by atoms with Gasteiger partial charge < -0.3 is 5.32 Å². The Bertz CT molecular complexity index is 550. The van der Waals surface area contributed by atoms with Gasteiger partial charge in [-0.15, -0.1) is 11.3 Å². The van der Waals surface area contributed by atoms with Gasteiger partial charge in [0.25, 0.3) is 0 Å². The summed E-state index contributed by atoms with van der Waals surface area (Å²) in [7, 11) is 0. The highest BCUT2D eigenvalue weighted by molar-refractivity contribution is 7.11. The number of aromatic nitrogens is 2. The minimum absolute atomic E-state index is 0.0670. The molecule has 2 unspecified atom stereocenters. The first-order chi connectivity index (χ1) is 8.97. The van der Waals surface area contributed by atoms with E-state index < -0.39 is 0 Å². The molecule has 0 radical (unpaired) electrons. The first kappa shape index (κ1) is 14.1. The molecule has 2 heterocycles. The molecule has 0 aliphatic heterocycles. The van der Waals surface area contributed by atoms with Crippen LogP contribution in [0.3, 0.4) is 0 Å². The van der Waals surface area contributed by atoms with E-state index in [9.17, 15) is 4.39 Å². The maximum atomic E-state index is 12.8. The minimum atomic E-state index is -0.307. The summed E-state index contributed by atoms with van der Waals surface area (Å²) in [4.78, 5) is 9.78. The van der Waals surface area contributed by atoms with Crippen molar-refractivity contribution < 1.29 is 4.39 Å². The lowest BCUT2D eigenvalue weighted by Crippen LogP contribution is -2.23. The van der Waals surface area contributed by atoms with Gasteiger partial charge in [0.05, 0.1) is 22.6 Å². The summed E-state index contributed by atoms with van der Waals surface area (Å²) in [6.45, 7) is 8.18. The molecule has 0 saturated carbocycles. The average Bonchev–Trinajstić information content (AvgIpc) is 2.69. The summed E-state index contributed by atoms with van der Waals surface area (Å²) >= 11 is 1.71. The maximum Gasteiger partial charge on any atom is 0.141 e. The molecule has 0 aromatic carbocycles. The van der Waals surface area contributed by atoms with Crippen molar-refractivity contribution in [3.05, 3.63) is 45.4 Å². The number of hydrogen-bond donors (Lipinski definition) is 1. The predicted molar refractivity (Wildman–Crippen MR) is 75.7 cm³/mol. The van der Waals surface area contributed by atoms with Gasteiger partial charge >= 0.3 is 0 Å². The third-order valence-electron chi connectivity index (χ3n) is 3.03. The van der Waals surface area contributed by atoms with Crippen LogP contribution in [0.4, 0.5) is 4.39 Å². The molecule has 1 N–H and O–H groups in total. The van der Waals surface area contributed by atoms with E-state index in [1.807, 2.05) is 20.8 Å². The van der Waals surface area contributed by atoms with Gasteiger partial charge in [-0.2, -0.15) is 0 Å². The second-order valence-electron chi connectivity index (χ2n) is 4.69. The van der Waals surface area contributed by atoms with Crippen LogP contribution in [-0.4, -0.2) is 9.97 Å². The van der Waals surface area contributed by atoms with Crippen molar-refractivity contribution in [3.8, 4) is 0 Å². The van der Waals surface area contributed by atoms with Gasteiger partial charge in [-0.1, -0.05) is 0 Å². The molecule has 2 atom stereocenters. The zero-order chi connectivity index (χ0) is 14.0. The first-order valence-corrected chi connectivity index (χ1v) is 7.10. The van der Waals surface area contributed by atoms with E-state index in [4.69, 9.17) is 0 Å². The lowest BCUT2D eigenvalue weighted by Gasteiger charge is -2.19. The molecule has 0 aliphatic carbocycles. The van der Waals surface area contributed by atoms with Gasteiger partial charge in [0, 0.05) is 17.0 Å². The Morgan fingerprint density at radius 1 is 1.21 bits per heavy atom. The largest absolute Gasteiger partial charge is 0.301 e. The first-order valence-electron chi connectivity index (χ1n) is 6.29. The summed E-state index contributed by atoms with van der Waals surface area (Å²) in [5.41, 5.74) is 1.91. The van der Waals surface area contributed by atoms with E-state index in [-0.39, 0.29) is 17.9 Å². The Morgan fingerprint density at radius 3 is 2.47 bits per heavy atom. The van der Waals surface area contributed by atoms with Crippen molar-refractivity contribution in [1.82, 2.24) is 15.3 Å². The molecule has 2 aromatic heterocycles. The van der Waals surface area contributed by atoms with Crippen molar-refractivity contribution in [1.29, 1.82) is 0 Å². The standard InChI is InChI=1S/C14H18FN3S/c1-8(13-6-5-12(15)7-16-13)17-9(2)14-10(3)18-11(4)19-14/h5-9,17H,1-4H3. The average molecular weight is 279 g/mol. The molecule has 0 aliphatic rings. The lowest BCUT2D eigenvalue weighted by atomic mass is 10.1. The summed E-state index contributed by atoms with van der Waals surface area (Å²) in [5, 5.41) is 4.55. The fourth-order valence-corrected chi connectivity index (χ4v) is 3.07. The molecular formula is C14H18FN3S. The van der Waals surface area contributed by atoms with E-state index in [0.717, 1.165) is 16.4 Å². The Morgan fingerprint density at radius 2 is 1.95 bits per heavy atom. The monoisotopic (exact) mass is 279 g/mol. The van der Waals surface area contributed by atoms with Crippen LogP contribution in [0, 0.1) is 19.7 Å². The fraction of sp³-hybridized carbons (Fsp3) is 0.429. The second-order valence-corrected chi connectivity index (χ2v) is 5.93. The highest BCUT2D eigenvalue weighted by atomic mass is 32.1. The number of thiazole rings is 1. The molecule has 19 heavy (non-hydrogen) atoms. The topological polar surface area (TPSA) is 37.8 Å². The smallest absolute Gasteiger partial charge is 0.141 e. The Labute approximate surface area is 116 Å². The predicted octanol–water partition coefficient (Wildman–Crippen LogP) is 3.71. The van der Waals surface area contributed by atoms with E-state index in [2.05, 4.69) is 22.2 Å². The molecule has 2 aromatic rings. The number of pyridine rings is 1. The molecule has 0 bridgehead atoms. The minimum Gasteiger partial charge on any atom is -0.301 e. The summed E-state index contributed by atoms with van der Waals surface area (Å²) in [6.07, 6.45) is 1.25. The van der Waals surface area contributed by atoms with Crippen LogP contribution in [0.25, 0.3) is 0 Å². The number of nitrogens with one attached hydrogen (secondary N) is 1. The maximum absolute atomic E-state index is 12.8. The number of aryl methyl sites for hydroxylation is 2. The van der Waals surface area contributed by atoms with E-state index in [1.165, 1.54) is 17.1 Å². The van der Waals surface area contributed by atoms with Crippen LogP contribution in [0.15, 0.2) is 18.3 Å². The summed E-state index contributed by atoms with van der Waals surface area (Å²) < 4.78 is 12.8. The van der Waals surface area contributed by atoms with E-state index in [1.54, 1.807) is 17.4 Å². The zero-order valence-corrected chi connectivity index (χ0v) is 12.4. The van der Waals surface area contributed by atoms with Crippen LogP contribution in [0.2, 0.25) is 0 Å². The Hall–Kier alpha value is -1.33. The molecule has 0 amide bonds. The number of rotatable bonds is 4. The van der Waals surface area contributed by atoms with Gasteiger partial charge in [-0.25, -0.2) is 9.37 Å². The zero-order valence-electron chi connectivity index (χ0n) is 11.6.